The first-order valence-corrected chi connectivity index (χ1v) is 10.2. The minimum Gasteiger partial charge on any atom is -0.474 e. The summed E-state index contributed by atoms with van der Waals surface area (Å²) in [5.74, 6) is 3.45. The van der Waals surface area contributed by atoms with Crippen LogP contribution in [0.15, 0.2) is 23.3 Å². The van der Waals surface area contributed by atoms with Gasteiger partial charge in [-0.05, 0) is 49.5 Å². The lowest BCUT2D eigenvalue weighted by atomic mass is 9.89. The van der Waals surface area contributed by atoms with E-state index in [1.807, 2.05) is 30.1 Å². The van der Waals surface area contributed by atoms with E-state index in [0.717, 1.165) is 48.5 Å². The van der Waals surface area contributed by atoms with Gasteiger partial charge in [-0.2, -0.15) is 11.8 Å². The Morgan fingerprint density at radius 2 is 2.08 bits per heavy atom. The molecule has 0 unspecified atom stereocenters. The summed E-state index contributed by atoms with van der Waals surface area (Å²) in [6.07, 6.45) is 9.02. The molecule has 2 N–H and O–H groups in total. The summed E-state index contributed by atoms with van der Waals surface area (Å²) in [4.78, 5) is 8.60. The van der Waals surface area contributed by atoms with Gasteiger partial charge in [0.05, 0.1) is 0 Å². The first kappa shape index (κ1) is 22.3. The zero-order chi connectivity index (χ0) is 17.2. The molecule has 1 aliphatic carbocycles. The maximum atomic E-state index is 6.07. The van der Waals surface area contributed by atoms with Crippen molar-refractivity contribution >= 4 is 41.7 Å². The number of rotatable bonds is 7. The third-order valence-electron chi connectivity index (χ3n) is 4.33. The zero-order valence-corrected chi connectivity index (χ0v) is 18.6. The molecule has 1 saturated carbocycles. The lowest BCUT2D eigenvalue weighted by Crippen LogP contribution is -2.37. The number of hydrogen-bond acceptors (Lipinski definition) is 4. The normalized spacial score (nSPS) is 20.5. The number of pyridine rings is 1. The molecule has 7 heteroatoms. The number of aliphatic imine (C=N–C) groups is 1. The number of halogens is 1. The zero-order valence-electron chi connectivity index (χ0n) is 15.5. The van der Waals surface area contributed by atoms with Crippen LogP contribution in [-0.4, -0.2) is 42.6 Å². The lowest BCUT2D eigenvalue weighted by molar-refractivity contribution is 0.130. The average Bonchev–Trinajstić information content (AvgIpc) is 2.60. The molecule has 0 atom stereocenters. The van der Waals surface area contributed by atoms with Gasteiger partial charge in [0.25, 0.3) is 0 Å². The monoisotopic (exact) mass is 478 g/mol. The molecule has 0 spiro atoms. The van der Waals surface area contributed by atoms with Crippen LogP contribution in [0.2, 0.25) is 0 Å². The van der Waals surface area contributed by atoms with E-state index in [4.69, 9.17) is 4.74 Å². The summed E-state index contributed by atoms with van der Waals surface area (Å²) in [6, 6.07) is 4.04. The third-order valence-corrected chi connectivity index (χ3v) is 4.94. The Balaban J connectivity index is 0.00000312. The largest absolute Gasteiger partial charge is 0.474 e. The number of aromatic nitrogens is 1. The number of ether oxygens (including phenoxy) is 1. The van der Waals surface area contributed by atoms with Crippen LogP contribution < -0.4 is 15.4 Å². The van der Waals surface area contributed by atoms with Crippen molar-refractivity contribution in [3.63, 3.8) is 0 Å². The van der Waals surface area contributed by atoms with E-state index in [1.165, 1.54) is 12.8 Å². The highest BCUT2D eigenvalue weighted by atomic mass is 127. The van der Waals surface area contributed by atoms with Gasteiger partial charge in [-0.1, -0.05) is 6.92 Å². The van der Waals surface area contributed by atoms with Crippen LogP contribution in [0.1, 0.15) is 38.2 Å². The highest BCUT2D eigenvalue weighted by Gasteiger charge is 2.19. The first-order chi connectivity index (χ1) is 11.7. The topological polar surface area (TPSA) is 58.5 Å². The predicted octanol–water partition coefficient (Wildman–Crippen LogP) is 3.69. The quantitative estimate of drug-likeness (QED) is 0.271. The molecule has 0 saturated heterocycles. The van der Waals surface area contributed by atoms with Crippen LogP contribution in [0.5, 0.6) is 5.88 Å². The highest BCUT2D eigenvalue weighted by molar-refractivity contribution is 14.0. The second-order valence-electron chi connectivity index (χ2n) is 6.35. The summed E-state index contributed by atoms with van der Waals surface area (Å²) < 4.78 is 6.07. The van der Waals surface area contributed by atoms with Crippen LogP contribution in [0, 0.1) is 5.92 Å². The smallest absolute Gasteiger partial charge is 0.213 e. The summed E-state index contributed by atoms with van der Waals surface area (Å²) in [6.45, 7) is 3.94. The van der Waals surface area contributed by atoms with E-state index in [1.54, 1.807) is 7.05 Å². The summed E-state index contributed by atoms with van der Waals surface area (Å²) in [7, 11) is 1.79. The van der Waals surface area contributed by atoms with Crippen molar-refractivity contribution in [2.24, 2.45) is 10.9 Å². The summed E-state index contributed by atoms with van der Waals surface area (Å²) in [5, 5.41) is 6.62. The van der Waals surface area contributed by atoms with Crippen LogP contribution >= 0.6 is 35.7 Å². The maximum Gasteiger partial charge on any atom is 0.213 e. The van der Waals surface area contributed by atoms with Crippen LogP contribution in [0.3, 0.4) is 0 Å². The van der Waals surface area contributed by atoms with Gasteiger partial charge in [0.15, 0.2) is 5.96 Å². The van der Waals surface area contributed by atoms with Crippen LogP contribution in [0.4, 0.5) is 0 Å². The molecule has 0 bridgehead atoms. The standard InChI is InChI=1S/C18H30N4OS.HI/c1-14-4-6-16(7-5-14)23-17-12-15(8-9-20-17)13-22-18(19-2)21-10-11-24-3;/h8-9,12,14,16H,4-7,10-11,13H2,1-3H3,(H2,19,21,22);1H. The van der Waals surface area contributed by atoms with Gasteiger partial charge in [0.2, 0.25) is 5.88 Å². The van der Waals surface area contributed by atoms with Crippen molar-refractivity contribution in [3.05, 3.63) is 23.9 Å². The Bertz CT molecular complexity index is 522. The molecule has 1 aromatic rings. The minimum atomic E-state index is 0. The molecule has 142 valence electrons. The molecule has 1 aromatic heterocycles. The molecular weight excluding hydrogens is 447 g/mol. The van der Waals surface area contributed by atoms with Crippen molar-refractivity contribution < 1.29 is 4.74 Å². The van der Waals surface area contributed by atoms with Gasteiger partial charge in [-0.25, -0.2) is 4.98 Å². The highest BCUT2D eigenvalue weighted by Crippen LogP contribution is 2.26. The van der Waals surface area contributed by atoms with Crippen molar-refractivity contribution in [3.8, 4) is 5.88 Å². The maximum absolute atomic E-state index is 6.07. The second-order valence-corrected chi connectivity index (χ2v) is 7.33. The molecule has 0 aromatic carbocycles. The first-order valence-electron chi connectivity index (χ1n) is 8.76. The second kappa shape index (κ2) is 12.6. The van der Waals surface area contributed by atoms with E-state index < -0.39 is 0 Å². The van der Waals surface area contributed by atoms with Crippen molar-refractivity contribution in [2.45, 2.75) is 45.3 Å². The fraction of sp³-hybridized carbons (Fsp3) is 0.667. The van der Waals surface area contributed by atoms with E-state index in [-0.39, 0.29) is 24.0 Å². The fourth-order valence-corrected chi connectivity index (χ4v) is 3.13. The van der Waals surface area contributed by atoms with Crippen LogP contribution in [0.25, 0.3) is 0 Å². The van der Waals surface area contributed by atoms with Crippen molar-refractivity contribution in [1.82, 2.24) is 15.6 Å². The van der Waals surface area contributed by atoms with Gasteiger partial charge >= 0.3 is 0 Å². The Kier molecular flexibility index (Phi) is 11.3. The molecule has 1 aliphatic rings. The Morgan fingerprint density at radius 1 is 1.32 bits per heavy atom. The minimum absolute atomic E-state index is 0. The van der Waals surface area contributed by atoms with E-state index >= 15 is 0 Å². The molecular formula is C18H31IN4OS. The van der Waals surface area contributed by atoms with Gasteiger partial charge in [0.1, 0.15) is 6.10 Å². The van der Waals surface area contributed by atoms with E-state index in [2.05, 4.69) is 33.8 Å². The Morgan fingerprint density at radius 3 is 2.76 bits per heavy atom. The molecule has 25 heavy (non-hydrogen) atoms. The summed E-state index contributed by atoms with van der Waals surface area (Å²) >= 11 is 1.82. The number of thioether (sulfide) groups is 1. The molecule has 0 amide bonds. The van der Waals surface area contributed by atoms with Crippen molar-refractivity contribution in [2.75, 3.05) is 25.6 Å². The molecule has 0 radical (unpaired) electrons. The fourth-order valence-electron chi connectivity index (χ4n) is 2.82. The third kappa shape index (κ3) is 8.48. The molecule has 5 nitrogen and oxygen atoms in total. The number of guanidine groups is 1. The SMILES string of the molecule is CN=C(NCCSC)NCc1ccnc(OC2CCC(C)CC2)c1.I. The van der Waals surface area contributed by atoms with Gasteiger partial charge < -0.3 is 15.4 Å². The Labute approximate surface area is 173 Å². The average molecular weight is 478 g/mol. The predicted molar refractivity (Wildman–Crippen MR) is 118 cm³/mol. The Hall–Kier alpha value is -0.700. The lowest BCUT2D eigenvalue weighted by Gasteiger charge is -2.26. The number of nitrogens with one attached hydrogen (secondary N) is 2. The number of nitrogens with zero attached hydrogens (tertiary/aromatic N) is 2. The van der Waals surface area contributed by atoms with Crippen LogP contribution in [-0.2, 0) is 6.54 Å². The summed E-state index contributed by atoms with van der Waals surface area (Å²) in [5.41, 5.74) is 1.15. The number of hydrogen-bond donors (Lipinski definition) is 2. The van der Waals surface area contributed by atoms with Gasteiger partial charge in [0, 0.05) is 38.2 Å². The molecule has 1 fully saturated rings. The molecule has 1 heterocycles. The van der Waals surface area contributed by atoms with Crippen molar-refractivity contribution in [1.29, 1.82) is 0 Å². The molecule has 0 aliphatic heterocycles. The van der Waals surface area contributed by atoms with E-state index in [9.17, 15) is 0 Å². The van der Waals surface area contributed by atoms with Gasteiger partial charge in [-0.3, -0.25) is 4.99 Å². The van der Waals surface area contributed by atoms with Gasteiger partial charge in [-0.15, -0.1) is 24.0 Å². The molecule has 2 rings (SSSR count). The van der Waals surface area contributed by atoms with E-state index in [0.29, 0.717) is 12.6 Å².